The number of hydrogen-bond donors (Lipinski definition) is 1. The Bertz CT molecular complexity index is 132. The predicted octanol–water partition coefficient (Wildman–Crippen LogP) is 2.26. The summed E-state index contributed by atoms with van der Waals surface area (Å²) in [5.74, 6) is 0.833. The minimum absolute atomic E-state index is 0.439. The van der Waals surface area contributed by atoms with Crippen molar-refractivity contribution in [3.8, 4) is 0 Å². The molecule has 0 heterocycles. The van der Waals surface area contributed by atoms with Gasteiger partial charge in [-0.3, -0.25) is 0 Å². The molecule has 0 aliphatic heterocycles. The van der Waals surface area contributed by atoms with Gasteiger partial charge in [-0.25, -0.2) is 0 Å². The molecule has 0 saturated heterocycles. The highest BCUT2D eigenvalue weighted by Crippen LogP contribution is 2.49. The van der Waals surface area contributed by atoms with Gasteiger partial charge in [-0.1, -0.05) is 20.8 Å². The topological polar surface area (TPSA) is 26.0 Å². The molecule has 2 N–H and O–H groups in total. The van der Waals surface area contributed by atoms with E-state index in [1.54, 1.807) is 0 Å². The van der Waals surface area contributed by atoms with Crippen molar-refractivity contribution in [2.75, 3.05) is 6.54 Å². The molecule has 1 saturated carbocycles. The van der Waals surface area contributed by atoms with Crippen LogP contribution in [-0.2, 0) is 0 Å². The fraction of sp³-hybridized carbons (Fsp3) is 1.00. The van der Waals surface area contributed by atoms with Crippen LogP contribution in [0.2, 0.25) is 0 Å². The fourth-order valence-corrected chi connectivity index (χ4v) is 3.37. The van der Waals surface area contributed by atoms with Gasteiger partial charge < -0.3 is 5.73 Å². The summed E-state index contributed by atoms with van der Waals surface area (Å²) in [6.45, 7) is 7.70. The molecule has 0 bridgehead atoms. The maximum atomic E-state index is 5.79. The summed E-state index contributed by atoms with van der Waals surface area (Å²) < 4.78 is 0.439. The van der Waals surface area contributed by atoms with Crippen LogP contribution in [0.25, 0.3) is 0 Å². The lowest BCUT2D eigenvalue weighted by Crippen LogP contribution is -2.49. The van der Waals surface area contributed by atoms with Gasteiger partial charge >= 0.3 is 0 Å². The molecule has 1 aliphatic rings. The van der Waals surface area contributed by atoms with E-state index in [-0.39, 0.29) is 0 Å². The molecular weight excluding hydrogens is 154 g/mol. The van der Waals surface area contributed by atoms with Crippen LogP contribution in [0.3, 0.4) is 0 Å². The van der Waals surface area contributed by atoms with Crippen LogP contribution in [0.4, 0.5) is 0 Å². The standard InChI is InChI=1S/C9H19NS/c1-7(2)11-9(6-10)5-4-8(9)3/h7-8H,4-6,10H2,1-3H3. The molecule has 0 aromatic carbocycles. The van der Waals surface area contributed by atoms with Crippen molar-refractivity contribution >= 4 is 11.8 Å². The van der Waals surface area contributed by atoms with Crippen LogP contribution >= 0.6 is 11.8 Å². The van der Waals surface area contributed by atoms with Crippen LogP contribution in [0.5, 0.6) is 0 Å². The van der Waals surface area contributed by atoms with Crippen molar-refractivity contribution in [3.63, 3.8) is 0 Å². The van der Waals surface area contributed by atoms with Crippen LogP contribution in [0, 0.1) is 5.92 Å². The van der Waals surface area contributed by atoms with Crippen molar-refractivity contribution in [2.45, 2.75) is 43.6 Å². The lowest BCUT2D eigenvalue weighted by atomic mass is 9.74. The second kappa shape index (κ2) is 3.36. The van der Waals surface area contributed by atoms with Crippen molar-refractivity contribution in [2.24, 2.45) is 11.7 Å². The number of nitrogens with two attached hydrogens (primary N) is 1. The zero-order valence-electron chi connectivity index (χ0n) is 7.76. The van der Waals surface area contributed by atoms with Crippen LogP contribution in [0.1, 0.15) is 33.6 Å². The lowest BCUT2D eigenvalue weighted by Gasteiger charge is -2.48. The van der Waals surface area contributed by atoms with Gasteiger partial charge in [-0.2, -0.15) is 11.8 Å². The molecule has 2 unspecified atom stereocenters. The predicted molar refractivity (Wildman–Crippen MR) is 52.9 cm³/mol. The Morgan fingerprint density at radius 2 is 2.27 bits per heavy atom. The van der Waals surface area contributed by atoms with Crippen molar-refractivity contribution in [3.05, 3.63) is 0 Å². The van der Waals surface area contributed by atoms with Crippen molar-refractivity contribution in [1.29, 1.82) is 0 Å². The molecule has 1 rings (SSSR count). The Morgan fingerprint density at radius 1 is 1.64 bits per heavy atom. The molecule has 66 valence electrons. The second-order valence-corrected chi connectivity index (χ2v) is 5.87. The van der Waals surface area contributed by atoms with Gasteiger partial charge in [-0.15, -0.1) is 0 Å². The van der Waals surface area contributed by atoms with E-state index in [1.807, 2.05) is 0 Å². The molecule has 0 aromatic rings. The summed E-state index contributed by atoms with van der Waals surface area (Å²) in [5, 5.41) is 0.723. The van der Waals surface area contributed by atoms with Gasteiger partial charge in [-0.05, 0) is 24.0 Å². The van der Waals surface area contributed by atoms with Crippen LogP contribution in [-0.4, -0.2) is 16.5 Å². The van der Waals surface area contributed by atoms with E-state index in [0.717, 1.165) is 17.7 Å². The van der Waals surface area contributed by atoms with E-state index in [0.29, 0.717) is 4.75 Å². The second-order valence-electron chi connectivity index (χ2n) is 3.88. The SMILES string of the molecule is CC(C)SC1(CN)CCC1C. The molecule has 0 aromatic heterocycles. The third-order valence-electron chi connectivity index (χ3n) is 2.71. The molecule has 1 fully saturated rings. The van der Waals surface area contributed by atoms with Gasteiger partial charge in [0.25, 0.3) is 0 Å². The van der Waals surface area contributed by atoms with Crippen LogP contribution < -0.4 is 5.73 Å². The molecule has 2 heteroatoms. The Kier molecular flexibility index (Phi) is 2.87. The quantitative estimate of drug-likeness (QED) is 0.708. The third kappa shape index (κ3) is 1.73. The highest BCUT2D eigenvalue weighted by atomic mass is 32.2. The Labute approximate surface area is 74.1 Å². The summed E-state index contributed by atoms with van der Waals surface area (Å²) in [7, 11) is 0. The van der Waals surface area contributed by atoms with Crippen molar-refractivity contribution < 1.29 is 0 Å². The van der Waals surface area contributed by atoms with E-state index >= 15 is 0 Å². The monoisotopic (exact) mass is 173 g/mol. The smallest absolute Gasteiger partial charge is 0.0310 e. The highest BCUT2D eigenvalue weighted by Gasteiger charge is 2.43. The number of thioether (sulfide) groups is 1. The minimum atomic E-state index is 0.439. The zero-order valence-corrected chi connectivity index (χ0v) is 8.58. The summed E-state index contributed by atoms with van der Waals surface area (Å²) in [5.41, 5.74) is 5.79. The molecule has 0 spiro atoms. The first-order valence-electron chi connectivity index (χ1n) is 4.48. The van der Waals surface area contributed by atoms with E-state index in [2.05, 4.69) is 32.5 Å². The first-order chi connectivity index (χ1) is 5.10. The molecule has 2 atom stereocenters. The molecule has 1 aliphatic carbocycles. The maximum Gasteiger partial charge on any atom is 0.0310 e. The average Bonchev–Trinajstić information content (AvgIpc) is 1.96. The van der Waals surface area contributed by atoms with Gasteiger partial charge in [0.15, 0.2) is 0 Å². The Morgan fingerprint density at radius 3 is 2.36 bits per heavy atom. The van der Waals surface area contributed by atoms with Gasteiger partial charge in [0.05, 0.1) is 0 Å². The van der Waals surface area contributed by atoms with Gasteiger partial charge in [0.1, 0.15) is 0 Å². The Hall–Kier alpha value is 0.310. The summed E-state index contributed by atoms with van der Waals surface area (Å²) in [4.78, 5) is 0. The molecule has 0 amide bonds. The highest BCUT2D eigenvalue weighted by molar-refractivity contribution is 8.01. The maximum absolute atomic E-state index is 5.79. The van der Waals surface area contributed by atoms with E-state index in [1.165, 1.54) is 12.8 Å². The summed E-state index contributed by atoms with van der Waals surface area (Å²) >= 11 is 2.07. The van der Waals surface area contributed by atoms with Gasteiger partial charge in [0, 0.05) is 11.3 Å². The van der Waals surface area contributed by atoms with Crippen LogP contribution in [0.15, 0.2) is 0 Å². The van der Waals surface area contributed by atoms with E-state index in [9.17, 15) is 0 Å². The number of rotatable bonds is 3. The molecule has 0 radical (unpaired) electrons. The zero-order chi connectivity index (χ0) is 8.48. The van der Waals surface area contributed by atoms with E-state index < -0.39 is 0 Å². The largest absolute Gasteiger partial charge is 0.329 e. The molecular formula is C9H19NS. The first-order valence-corrected chi connectivity index (χ1v) is 5.36. The minimum Gasteiger partial charge on any atom is -0.329 e. The van der Waals surface area contributed by atoms with Crippen molar-refractivity contribution in [1.82, 2.24) is 0 Å². The van der Waals surface area contributed by atoms with E-state index in [4.69, 9.17) is 5.73 Å². The average molecular weight is 173 g/mol. The lowest BCUT2D eigenvalue weighted by molar-refractivity contribution is 0.245. The molecule has 1 nitrogen and oxygen atoms in total. The van der Waals surface area contributed by atoms with Gasteiger partial charge in [0.2, 0.25) is 0 Å². The number of hydrogen-bond acceptors (Lipinski definition) is 2. The Balaban J connectivity index is 2.47. The molecule has 11 heavy (non-hydrogen) atoms. The summed E-state index contributed by atoms with van der Waals surface area (Å²) in [6.07, 6.45) is 2.70. The first kappa shape index (κ1) is 9.40. The fourth-order valence-electron chi connectivity index (χ4n) is 1.75. The summed E-state index contributed by atoms with van der Waals surface area (Å²) in [6, 6.07) is 0. The normalized spacial score (nSPS) is 37.4. The third-order valence-corrected chi connectivity index (χ3v) is 4.43.